The van der Waals surface area contributed by atoms with Gasteiger partial charge in [0.05, 0.1) is 6.54 Å². The van der Waals surface area contributed by atoms with Gasteiger partial charge < -0.3 is 10.2 Å². The smallest absolute Gasteiger partial charge is 0.236 e. The van der Waals surface area contributed by atoms with Crippen molar-refractivity contribution >= 4 is 11.5 Å². The predicted molar refractivity (Wildman–Crippen MR) is 94.2 cm³/mol. The topological polar surface area (TPSA) is 32.3 Å². The number of benzene rings is 1. The quantitative estimate of drug-likeness (QED) is 0.924. The second-order valence-corrected chi connectivity index (χ2v) is 6.70. The lowest BCUT2D eigenvalue weighted by Crippen LogP contribution is -2.41. The highest BCUT2D eigenvalue weighted by Gasteiger charge is 2.23. The number of rotatable bonds is 4. The minimum absolute atomic E-state index is 0.223. The summed E-state index contributed by atoms with van der Waals surface area (Å²) in [5, 5.41) is 2.95. The molecule has 1 aliphatic heterocycles. The van der Waals surface area contributed by atoms with Crippen LogP contribution < -0.4 is 5.32 Å². The second kappa shape index (κ2) is 7.78. The SMILES string of the molecule is CNCC(=O)N1CCC(c2cc[c]c(C3=CCCCC3)c2)CC1. The molecule has 1 saturated heterocycles. The van der Waals surface area contributed by atoms with Gasteiger partial charge in [-0.05, 0) is 74.3 Å². The molecule has 2 aliphatic rings. The molecule has 3 heteroatoms. The van der Waals surface area contributed by atoms with E-state index in [0.29, 0.717) is 12.5 Å². The molecule has 1 aromatic rings. The Balaban J connectivity index is 1.64. The molecule has 0 bridgehead atoms. The zero-order chi connectivity index (χ0) is 16.1. The number of carbonyl (C=O) groups excluding carboxylic acids is 1. The average molecular weight is 311 g/mol. The highest BCUT2D eigenvalue weighted by atomic mass is 16.2. The van der Waals surface area contributed by atoms with Crippen molar-refractivity contribution in [1.82, 2.24) is 10.2 Å². The maximum absolute atomic E-state index is 12.0. The predicted octanol–water partition coefficient (Wildman–Crippen LogP) is 3.37. The summed E-state index contributed by atoms with van der Waals surface area (Å²) in [4.78, 5) is 13.9. The zero-order valence-corrected chi connectivity index (χ0v) is 14.1. The lowest BCUT2D eigenvalue weighted by molar-refractivity contribution is -0.131. The third kappa shape index (κ3) is 4.03. The summed E-state index contributed by atoms with van der Waals surface area (Å²) < 4.78 is 0. The standard InChI is InChI=1S/C20H27N2O/c1-21-15-20(23)22-12-10-17(11-13-22)19-9-5-8-18(14-19)16-6-3-2-4-7-16/h5-6,9,14,17,21H,2-4,7,10-13,15H2,1H3. The van der Waals surface area contributed by atoms with Gasteiger partial charge in [0.15, 0.2) is 0 Å². The number of piperidine rings is 1. The van der Waals surface area contributed by atoms with E-state index in [1.807, 2.05) is 11.9 Å². The first-order valence-corrected chi connectivity index (χ1v) is 8.91. The molecule has 0 aromatic heterocycles. The minimum atomic E-state index is 0.223. The number of nitrogens with zero attached hydrogens (tertiary/aromatic N) is 1. The molecular weight excluding hydrogens is 284 g/mol. The number of amides is 1. The van der Waals surface area contributed by atoms with Crippen molar-refractivity contribution in [2.24, 2.45) is 0 Å². The van der Waals surface area contributed by atoms with Gasteiger partial charge in [0.25, 0.3) is 0 Å². The molecule has 0 atom stereocenters. The molecule has 1 heterocycles. The molecule has 0 spiro atoms. The van der Waals surface area contributed by atoms with E-state index in [1.54, 1.807) is 0 Å². The van der Waals surface area contributed by atoms with Crippen LogP contribution in [0.2, 0.25) is 0 Å². The fraction of sp³-hybridized carbons (Fsp3) is 0.550. The van der Waals surface area contributed by atoms with E-state index in [-0.39, 0.29) is 5.91 Å². The number of hydrogen-bond acceptors (Lipinski definition) is 2. The van der Waals surface area contributed by atoms with E-state index in [9.17, 15) is 4.79 Å². The number of carbonyl (C=O) groups is 1. The van der Waals surface area contributed by atoms with Crippen molar-refractivity contribution in [1.29, 1.82) is 0 Å². The molecule has 0 saturated carbocycles. The summed E-state index contributed by atoms with van der Waals surface area (Å²) in [6.45, 7) is 2.20. The molecule has 1 radical (unpaired) electrons. The highest BCUT2D eigenvalue weighted by Crippen LogP contribution is 2.32. The van der Waals surface area contributed by atoms with Gasteiger partial charge in [0, 0.05) is 13.1 Å². The molecule has 1 aliphatic carbocycles. The number of nitrogens with one attached hydrogen (secondary N) is 1. The van der Waals surface area contributed by atoms with Gasteiger partial charge in [0.1, 0.15) is 0 Å². The first-order valence-electron chi connectivity index (χ1n) is 8.91. The Kier molecular flexibility index (Phi) is 5.50. The number of likely N-dealkylation sites (N-methyl/N-ethyl adjacent to an activating group) is 1. The summed E-state index contributed by atoms with van der Waals surface area (Å²) >= 11 is 0. The van der Waals surface area contributed by atoms with Gasteiger partial charge in [-0.15, -0.1) is 0 Å². The maximum Gasteiger partial charge on any atom is 0.236 e. The summed E-state index contributed by atoms with van der Waals surface area (Å²) in [5.74, 6) is 0.798. The number of hydrogen-bond donors (Lipinski definition) is 1. The van der Waals surface area contributed by atoms with E-state index in [0.717, 1.165) is 25.9 Å². The van der Waals surface area contributed by atoms with Crippen molar-refractivity contribution in [3.63, 3.8) is 0 Å². The van der Waals surface area contributed by atoms with Crippen LogP contribution in [-0.4, -0.2) is 37.5 Å². The van der Waals surface area contributed by atoms with E-state index in [1.165, 1.54) is 42.4 Å². The van der Waals surface area contributed by atoms with Crippen LogP contribution >= 0.6 is 0 Å². The number of allylic oxidation sites excluding steroid dienone is 2. The Labute approximate surface area is 139 Å². The Morgan fingerprint density at radius 2 is 2.17 bits per heavy atom. The Bertz CT molecular complexity index is 571. The van der Waals surface area contributed by atoms with Crippen LogP contribution in [0.25, 0.3) is 5.57 Å². The summed E-state index contributed by atoms with van der Waals surface area (Å²) in [6.07, 6.45) is 9.54. The van der Waals surface area contributed by atoms with Crippen LogP contribution in [0.3, 0.4) is 0 Å². The van der Waals surface area contributed by atoms with Gasteiger partial charge in [0.2, 0.25) is 5.91 Å². The van der Waals surface area contributed by atoms with E-state index >= 15 is 0 Å². The third-order valence-electron chi connectivity index (χ3n) is 5.11. The van der Waals surface area contributed by atoms with Crippen LogP contribution in [0.15, 0.2) is 24.3 Å². The molecule has 23 heavy (non-hydrogen) atoms. The summed E-state index contributed by atoms with van der Waals surface area (Å²) in [7, 11) is 1.83. The van der Waals surface area contributed by atoms with Gasteiger partial charge in [-0.1, -0.05) is 24.3 Å². The van der Waals surface area contributed by atoms with Crippen LogP contribution in [0, 0.1) is 6.07 Å². The van der Waals surface area contributed by atoms with Crippen LogP contribution in [-0.2, 0) is 4.79 Å². The van der Waals surface area contributed by atoms with Crippen molar-refractivity contribution in [3.8, 4) is 0 Å². The van der Waals surface area contributed by atoms with Gasteiger partial charge >= 0.3 is 0 Å². The maximum atomic E-state index is 12.0. The highest BCUT2D eigenvalue weighted by molar-refractivity contribution is 5.78. The van der Waals surface area contributed by atoms with Gasteiger partial charge in [-0.25, -0.2) is 0 Å². The largest absolute Gasteiger partial charge is 0.342 e. The Morgan fingerprint density at radius 3 is 2.87 bits per heavy atom. The zero-order valence-electron chi connectivity index (χ0n) is 14.1. The molecule has 3 rings (SSSR count). The lowest BCUT2D eigenvalue weighted by atomic mass is 9.86. The van der Waals surface area contributed by atoms with Crippen molar-refractivity contribution < 1.29 is 4.79 Å². The molecule has 123 valence electrons. The van der Waals surface area contributed by atoms with Crippen LogP contribution in [0.5, 0.6) is 0 Å². The fourth-order valence-electron chi connectivity index (χ4n) is 3.73. The molecule has 0 unspecified atom stereocenters. The first kappa shape index (κ1) is 16.3. The fourth-order valence-corrected chi connectivity index (χ4v) is 3.73. The Morgan fingerprint density at radius 1 is 1.35 bits per heavy atom. The van der Waals surface area contributed by atoms with Crippen molar-refractivity contribution in [2.45, 2.75) is 44.4 Å². The molecule has 1 N–H and O–H groups in total. The molecular formula is C20H27N2O. The molecule has 1 aromatic carbocycles. The molecule has 1 amide bonds. The molecule has 3 nitrogen and oxygen atoms in total. The van der Waals surface area contributed by atoms with E-state index < -0.39 is 0 Å². The molecule has 1 fully saturated rings. The van der Waals surface area contributed by atoms with Gasteiger partial charge in [-0.2, -0.15) is 0 Å². The van der Waals surface area contributed by atoms with Crippen LogP contribution in [0.1, 0.15) is 55.6 Å². The lowest BCUT2D eigenvalue weighted by Gasteiger charge is -2.32. The monoisotopic (exact) mass is 311 g/mol. The number of likely N-dealkylation sites (tertiary alicyclic amines) is 1. The average Bonchev–Trinajstić information content (AvgIpc) is 2.63. The third-order valence-corrected chi connectivity index (χ3v) is 5.11. The first-order chi connectivity index (χ1) is 11.3. The van der Waals surface area contributed by atoms with Crippen molar-refractivity contribution in [3.05, 3.63) is 41.5 Å². The summed E-state index contributed by atoms with van der Waals surface area (Å²) in [6, 6.07) is 10.1. The van der Waals surface area contributed by atoms with E-state index in [4.69, 9.17) is 0 Å². The summed E-state index contributed by atoms with van der Waals surface area (Å²) in [5.41, 5.74) is 4.18. The van der Waals surface area contributed by atoms with Crippen LogP contribution in [0.4, 0.5) is 0 Å². The normalized spacial score (nSPS) is 19.5. The van der Waals surface area contributed by atoms with Gasteiger partial charge in [-0.3, -0.25) is 4.79 Å². The minimum Gasteiger partial charge on any atom is -0.342 e. The Hall–Kier alpha value is -1.61. The van der Waals surface area contributed by atoms with E-state index in [2.05, 4.69) is 35.7 Å². The van der Waals surface area contributed by atoms with Crippen molar-refractivity contribution in [2.75, 3.05) is 26.7 Å². The second-order valence-electron chi connectivity index (χ2n) is 6.70.